The molecule has 0 heterocycles. The van der Waals surface area contributed by atoms with Gasteiger partial charge in [0.25, 0.3) is 0 Å². The minimum Gasteiger partial charge on any atom is -0.469 e. The summed E-state index contributed by atoms with van der Waals surface area (Å²) in [6, 6.07) is 3.76. The number of amides is 2. The highest BCUT2D eigenvalue weighted by Crippen LogP contribution is 2.24. The number of carbonyl (C=O) groups is 2. The molecule has 0 bridgehead atoms. The molecule has 0 radical (unpaired) electrons. The summed E-state index contributed by atoms with van der Waals surface area (Å²) in [7, 11) is 1.36. The number of ether oxygens (including phenoxy) is 1. The minimum absolute atomic E-state index is 0.162. The first-order valence-corrected chi connectivity index (χ1v) is 8.00. The van der Waals surface area contributed by atoms with Crippen LogP contribution in [0.15, 0.2) is 12.1 Å². The van der Waals surface area contributed by atoms with Crippen LogP contribution in [0.1, 0.15) is 49.8 Å². The number of anilines is 1. The Labute approximate surface area is 138 Å². The summed E-state index contributed by atoms with van der Waals surface area (Å²) in [4.78, 5) is 24.1. The van der Waals surface area contributed by atoms with Crippen LogP contribution in [0.5, 0.6) is 0 Å². The van der Waals surface area contributed by atoms with Crippen LogP contribution >= 0.6 is 0 Å². The largest absolute Gasteiger partial charge is 0.469 e. The first kappa shape index (κ1) is 19.0. The van der Waals surface area contributed by atoms with Gasteiger partial charge < -0.3 is 15.4 Å². The molecule has 23 heavy (non-hydrogen) atoms. The predicted octanol–water partition coefficient (Wildman–Crippen LogP) is 3.86. The van der Waals surface area contributed by atoms with Crippen LogP contribution in [0.25, 0.3) is 0 Å². The van der Waals surface area contributed by atoms with E-state index in [1.165, 1.54) is 7.11 Å². The smallest absolute Gasteiger partial charge is 0.319 e. The number of rotatable bonds is 6. The number of carbonyl (C=O) groups excluding carboxylic acids is 2. The van der Waals surface area contributed by atoms with Gasteiger partial charge in [0.2, 0.25) is 0 Å². The molecule has 1 aromatic rings. The van der Waals surface area contributed by atoms with Crippen molar-refractivity contribution in [3.05, 3.63) is 28.8 Å². The molecule has 0 atom stereocenters. The van der Waals surface area contributed by atoms with E-state index in [0.29, 0.717) is 12.8 Å². The number of methoxy groups -OCH3 is 1. The Bertz CT molecular complexity index is 555. The molecule has 5 heteroatoms. The number of urea groups is 1. The third-order valence-corrected chi connectivity index (χ3v) is 4.36. The van der Waals surface area contributed by atoms with Crippen LogP contribution in [0.2, 0.25) is 0 Å². The van der Waals surface area contributed by atoms with Gasteiger partial charge in [-0.15, -0.1) is 0 Å². The summed E-state index contributed by atoms with van der Waals surface area (Å²) < 4.78 is 4.75. The molecule has 0 unspecified atom stereocenters. The fraction of sp³-hybridized carbons (Fsp3) is 0.556. The van der Waals surface area contributed by atoms with Gasteiger partial charge in [0.15, 0.2) is 0 Å². The SMILES string of the molecule is CCC(CC)(CC(=O)OC)NC(=O)Nc1c(C)cc(C)cc1C. The lowest BCUT2D eigenvalue weighted by atomic mass is 9.89. The third-order valence-electron chi connectivity index (χ3n) is 4.36. The van der Waals surface area contributed by atoms with Crippen LogP contribution < -0.4 is 10.6 Å². The summed E-state index contributed by atoms with van der Waals surface area (Å²) >= 11 is 0. The molecule has 0 aliphatic heterocycles. The Morgan fingerprint density at radius 3 is 2.04 bits per heavy atom. The van der Waals surface area contributed by atoms with Crippen LogP contribution in [0.4, 0.5) is 10.5 Å². The number of aryl methyl sites for hydroxylation is 3. The summed E-state index contributed by atoms with van der Waals surface area (Å²) in [6.07, 6.45) is 1.46. The summed E-state index contributed by atoms with van der Waals surface area (Å²) in [6.45, 7) is 9.87. The maximum Gasteiger partial charge on any atom is 0.319 e. The molecule has 0 aliphatic carbocycles. The number of esters is 1. The second-order valence-corrected chi connectivity index (χ2v) is 6.09. The molecule has 1 rings (SSSR count). The van der Waals surface area contributed by atoms with Crippen molar-refractivity contribution >= 4 is 17.7 Å². The Kier molecular flexibility index (Phi) is 6.61. The summed E-state index contributed by atoms with van der Waals surface area (Å²) in [5.74, 6) is -0.323. The van der Waals surface area contributed by atoms with Gasteiger partial charge in [-0.05, 0) is 44.7 Å². The van der Waals surface area contributed by atoms with Gasteiger partial charge in [0.1, 0.15) is 0 Å². The summed E-state index contributed by atoms with van der Waals surface area (Å²) in [5, 5.41) is 5.88. The number of hydrogen-bond donors (Lipinski definition) is 2. The molecule has 5 nitrogen and oxygen atoms in total. The standard InChI is InChI=1S/C18H28N2O3/c1-7-18(8-2,11-15(21)23-6)20-17(22)19-16-13(4)9-12(3)10-14(16)5/h9-10H,7-8,11H2,1-6H3,(H2,19,20,22). The van der Waals surface area contributed by atoms with Gasteiger partial charge >= 0.3 is 12.0 Å². The topological polar surface area (TPSA) is 67.4 Å². The maximum absolute atomic E-state index is 12.4. The molecule has 0 aliphatic rings. The van der Waals surface area contributed by atoms with Gasteiger partial charge in [-0.25, -0.2) is 4.79 Å². The van der Waals surface area contributed by atoms with Crippen molar-refractivity contribution in [3.63, 3.8) is 0 Å². The molecular formula is C18H28N2O3. The van der Waals surface area contributed by atoms with E-state index in [0.717, 1.165) is 22.4 Å². The average Bonchev–Trinajstić information content (AvgIpc) is 2.49. The van der Waals surface area contributed by atoms with E-state index in [2.05, 4.69) is 10.6 Å². The van der Waals surface area contributed by atoms with Crippen molar-refractivity contribution in [2.24, 2.45) is 0 Å². The van der Waals surface area contributed by atoms with Crippen molar-refractivity contribution in [1.82, 2.24) is 5.32 Å². The predicted molar refractivity (Wildman–Crippen MR) is 92.8 cm³/mol. The van der Waals surface area contributed by atoms with Gasteiger partial charge in [0, 0.05) is 5.69 Å². The van der Waals surface area contributed by atoms with Crippen LogP contribution in [-0.4, -0.2) is 24.6 Å². The van der Waals surface area contributed by atoms with E-state index >= 15 is 0 Å². The molecular weight excluding hydrogens is 292 g/mol. The molecule has 2 amide bonds. The second-order valence-electron chi connectivity index (χ2n) is 6.09. The van der Waals surface area contributed by atoms with E-state index < -0.39 is 5.54 Å². The van der Waals surface area contributed by atoms with Gasteiger partial charge in [-0.1, -0.05) is 31.5 Å². The van der Waals surface area contributed by atoms with Crippen LogP contribution in [0.3, 0.4) is 0 Å². The fourth-order valence-electron chi connectivity index (χ4n) is 2.83. The number of hydrogen-bond acceptors (Lipinski definition) is 3. The Hall–Kier alpha value is -2.04. The fourth-order valence-corrected chi connectivity index (χ4v) is 2.83. The van der Waals surface area contributed by atoms with Crippen LogP contribution in [0, 0.1) is 20.8 Å². The van der Waals surface area contributed by atoms with E-state index in [-0.39, 0.29) is 18.4 Å². The monoisotopic (exact) mass is 320 g/mol. The lowest BCUT2D eigenvalue weighted by Gasteiger charge is -2.32. The molecule has 128 valence electrons. The summed E-state index contributed by atoms with van der Waals surface area (Å²) in [5.41, 5.74) is 3.41. The zero-order valence-corrected chi connectivity index (χ0v) is 15.0. The lowest BCUT2D eigenvalue weighted by molar-refractivity contribution is -0.142. The Balaban J connectivity index is 2.91. The molecule has 0 aromatic heterocycles. The van der Waals surface area contributed by atoms with E-state index in [9.17, 15) is 9.59 Å². The second kappa shape index (κ2) is 7.99. The maximum atomic E-state index is 12.4. The number of benzene rings is 1. The molecule has 0 saturated carbocycles. The Morgan fingerprint density at radius 2 is 1.61 bits per heavy atom. The average molecular weight is 320 g/mol. The van der Waals surface area contributed by atoms with Gasteiger partial charge in [-0.2, -0.15) is 0 Å². The van der Waals surface area contributed by atoms with Gasteiger partial charge in [0.05, 0.1) is 19.1 Å². The van der Waals surface area contributed by atoms with Crippen molar-refractivity contribution in [1.29, 1.82) is 0 Å². The van der Waals surface area contributed by atoms with Crippen molar-refractivity contribution in [3.8, 4) is 0 Å². The quantitative estimate of drug-likeness (QED) is 0.782. The normalized spacial score (nSPS) is 11.0. The van der Waals surface area contributed by atoms with Crippen LogP contribution in [-0.2, 0) is 9.53 Å². The Morgan fingerprint density at radius 1 is 1.09 bits per heavy atom. The third kappa shape index (κ3) is 4.98. The minimum atomic E-state index is -0.594. The molecule has 0 spiro atoms. The highest BCUT2D eigenvalue weighted by molar-refractivity contribution is 5.92. The number of nitrogens with one attached hydrogen (secondary N) is 2. The van der Waals surface area contributed by atoms with Crippen molar-refractivity contribution in [2.45, 2.75) is 59.4 Å². The van der Waals surface area contributed by atoms with E-state index in [1.807, 2.05) is 46.8 Å². The zero-order valence-electron chi connectivity index (χ0n) is 15.0. The molecule has 2 N–H and O–H groups in total. The van der Waals surface area contributed by atoms with E-state index in [4.69, 9.17) is 4.74 Å². The lowest BCUT2D eigenvalue weighted by Crippen LogP contribution is -2.50. The highest BCUT2D eigenvalue weighted by Gasteiger charge is 2.31. The van der Waals surface area contributed by atoms with E-state index in [1.54, 1.807) is 0 Å². The highest BCUT2D eigenvalue weighted by atomic mass is 16.5. The molecule has 0 saturated heterocycles. The zero-order chi connectivity index (χ0) is 17.6. The first-order chi connectivity index (χ1) is 10.8. The van der Waals surface area contributed by atoms with Gasteiger partial charge in [-0.3, -0.25) is 4.79 Å². The van der Waals surface area contributed by atoms with Crippen molar-refractivity contribution in [2.75, 3.05) is 12.4 Å². The first-order valence-electron chi connectivity index (χ1n) is 8.00. The van der Waals surface area contributed by atoms with Crippen molar-refractivity contribution < 1.29 is 14.3 Å². The molecule has 1 aromatic carbocycles. The molecule has 0 fully saturated rings.